The maximum atomic E-state index is 14.4. The second-order valence-electron chi connectivity index (χ2n) is 8.48. The smallest absolute Gasteiger partial charge is 0.160 e. The van der Waals surface area contributed by atoms with Gasteiger partial charge >= 0.3 is 0 Å². The molecule has 0 amide bonds. The van der Waals surface area contributed by atoms with Gasteiger partial charge < -0.3 is 0 Å². The number of fused-ring (bicyclic) bond motifs is 6. The topological polar surface area (TPSA) is 17.3 Å². The largest absolute Gasteiger partial charge is 0.292 e. The number of nitrogens with zero attached hydrogens (tertiary/aromatic N) is 2. The lowest BCUT2D eigenvalue weighted by atomic mass is 9.94. The minimum Gasteiger partial charge on any atom is -0.292 e. The Hall–Kier alpha value is -4.05. The monoisotopic (exact) mass is 434 g/mol. The lowest BCUT2D eigenvalue weighted by Gasteiger charge is -2.15. The van der Waals surface area contributed by atoms with Crippen LogP contribution in [-0.2, 0) is 0 Å². The highest BCUT2D eigenvalue weighted by Crippen LogP contribution is 2.37. The minimum atomic E-state index is -0.869. The van der Waals surface area contributed by atoms with E-state index in [9.17, 15) is 8.78 Å². The van der Waals surface area contributed by atoms with Crippen LogP contribution in [0.1, 0.15) is 11.1 Å². The SMILES string of the molecule is Cc1cc(-c2ccccc2)cc(C)c1-c1cnc2c3ccccc3c3cc(F)c(F)cc3n12. The molecular weight excluding hydrogens is 414 g/mol. The zero-order valence-corrected chi connectivity index (χ0v) is 18.2. The van der Waals surface area contributed by atoms with Gasteiger partial charge in [-0.05, 0) is 47.6 Å². The Morgan fingerprint density at radius 3 is 2.03 bits per heavy atom. The number of rotatable bonds is 2. The average Bonchev–Trinajstić information content (AvgIpc) is 3.25. The molecule has 0 radical (unpaired) electrons. The Kier molecular flexibility index (Phi) is 4.31. The van der Waals surface area contributed by atoms with Crippen molar-refractivity contribution in [1.29, 1.82) is 0 Å². The molecule has 2 aromatic heterocycles. The summed E-state index contributed by atoms with van der Waals surface area (Å²) in [4.78, 5) is 4.73. The van der Waals surface area contributed by atoms with E-state index < -0.39 is 11.6 Å². The zero-order chi connectivity index (χ0) is 22.7. The molecule has 4 aromatic carbocycles. The van der Waals surface area contributed by atoms with Gasteiger partial charge in [0.15, 0.2) is 11.6 Å². The van der Waals surface area contributed by atoms with Gasteiger partial charge in [0.25, 0.3) is 0 Å². The summed E-state index contributed by atoms with van der Waals surface area (Å²) in [7, 11) is 0. The molecule has 2 nitrogen and oxygen atoms in total. The molecule has 160 valence electrons. The van der Waals surface area contributed by atoms with E-state index in [2.05, 4.69) is 38.1 Å². The fourth-order valence-corrected chi connectivity index (χ4v) is 4.98. The zero-order valence-electron chi connectivity index (χ0n) is 18.2. The van der Waals surface area contributed by atoms with Crippen molar-refractivity contribution in [3.8, 4) is 22.4 Å². The molecule has 0 atom stereocenters. The molecule has 0 unspecified atom stereocenters. The van der Waals surface area contributed by atoms with Gasteiger partial charge in [-0.3, -0.25) is 4.40 Å². The Bertz CT molecular complexity index is 1680. The van der Waals surface area contributed by atoms with Crippen LogP contribution in [0.25, 0.3) is 49.7 Å². The van der Waals surface area contributed by atoms with E-state index in [1.165, 1.54) is 12.1 Å². The summed E-state index contributed by atoms with van der Waals surface area (Å²) >= 11 is 0. The van der Waals surface area contributed by atoms with Crippen LogP contribution in [0.5, 0.6) is 0 Å². The molecule has 0 fully saturated rings. The van der Waals surface area contributed by atoms with Crippen LogP contribution < -0.4 is 0 Å². The van der Waals surface area contributed by atoms with Crippen molar-refractivity contribution in [2.45, 2.75) is 13.8 Å². The molecular formula is C29H20F2N2. The molecule has 0 bridgehead atoms. The van der Waals surface area contributed by atoms with E-state index in [1.807, 2.05) is 53.1 Å². The van der Waals surface area contributed by atoms with Crippen molar-refractivity contribution < 1.29 is 8.78 Å². The third-order valence-electron chi connectivity index (χ3n) is 6.40. The first-order chi connectivity index (χ1) is 16.0. The molecule has 4 heteroatoms. The lowest BCUT2D eigenvalue weighted by molar-refractivity contribution is 0.510. The van der Waals surface area contributed by atoms with Crippen LogP contribution in [0, 0.1) is 25.5 Å². The van der Waals surface area contributed by atoms with Crippen molar-refractivity contribution in [3.63, 3.8) is 0 Å². The summed E-state index contributed by atoms with van der Waals surface area (Å²) in [5.41, 5.74) is 7.73. The number of pyridine rings is 1. The maximum Gasteiger partial charge on any atom is 0.160 e. The van der Waals surface area contributed by atoms with Crippen LogP contribution in [0.15, 0.2) is 85.1 Å². The third-order valence-corrected chi connectivity index (χ3v) is 6.40. The van der Waals surface area contributed by atoms with Crippen LogP contribution >= 0.6 is 0 Å². The molecule has 0 aliphatic heterocycles. The van der Waals surface area contributed by atoms with Gasteiger partial charge in [0.05, 0.1) is 17.4 Å². The van der Waals surface area contributed by atoms with Crippen LogP contribution in [-0.4, -0.2) is 9.38 Å². The van der Waals surface area contributed by atoms with Crippen LogP contribution in [0.2, 0.25) is 0 Å². The molecule has 0 saturated heterocycles. The predicted molar refractivity (Wildman–Crippen MR) is 130 cm³/mol. The summed E-state index contributed by atoms with van der Waals surface area (Å²) < 4.78 is 30.6. The number of aryl methyl sites for hydroxylation is 2. The first kappa shape index (κ1) is 19.6. The molecule has 6 rings (SSSR count). The molecule has 0 saturated carbocycles. The van der Waals surface area contributed by atoms with Gasteiger partial charge in [-0.2, -0.15) is 0 Å². The van der Waals surface area contributed by atoms with E-state index in [0.29, 0.717) is 10.9 Å². The Morgan fingerprint density at radius 2 is 1.30 bits per heavy atom. The normalized spacial score (nSPS) is 11.6. The van der Waals surface area contributed by atoms with Crippen molar-refractivity contribution in [2.24, 2.45) is 0 Å². The quantitative estimate of drug-likeness (QED) is 0.254. The summed E-state index contributed by atoms with van der Waals surface area (Å²) in [6.45, 7) is 4.16. The Labute approximate surface area is 189 Å². The van der Waals surface area contributed by atoms with Gasteiger partial charge in [-0.1, -0.05) is 66.7 Å². The number of hydrogen-bond acceptors (Lipinski definition) is 1. The van der Waals surface area contributed by atoms with E-state index in [1.54, 1.807) is 0 Å². The average molecular weight is 434 g/mol. The molecule has 0 aliphatic carbocycles. The minimum absolute atomic E-state index is 0.598. The molecule has 2 heterocycles. The van der Waals surface area contributed by atoms with E-state index in [-0.39, 0.29) is 0 Å². The molecule has 0 spiro atoms. The van der Waals surface area contributed by atoms with Crippen LogP contribution in [0.3, 0.4) is 0 Å². The van der Waals surface area contributed by atoms with Crippen molar-refractivity contribution in [1.82, 2.24) is 9.38 Å². The fraction of sp³-hybridized carbons (Fsp3) is 0.0690. The number of hydrogen-bond donors (Lipinski definition) is 0. The highest BCUT2D eigenvalue weighted by molar-refractivity contribution is 6.12. The predicted octanol–water partition coefficient (Wildman–Crippen LogP) is 7.87. The number of halogens is 2. The van der Waals surface area contributed by atoms with E-state index >= 15 is 0 Å². The van der Waals surface area contributed by atoms with Crippen molar-refractivity contribution in [2.75, 3.05) is 0 Å². The third kappa shape index (κ3) is 2.94. The second-order valence-corrected chi connectivity index (χ2v) is 8.48. The summed E-state index contributed by atoms with van der Waals surface area (Å²) in [5.74, 6) is -1.72. The van der Waals surface area contributed by atoms with Gasteiger partial charge in [0.2, 0.25) is 0 Å². The number of imidazole rings is 1. The fourth-order valence-electron chi connectivity index (χ4n) is 4.98. The molecule has 0 aliphatic rings. The number of benzene rings is 4. The summed E-state index contributed by atoms with van der Waals surface area (Å²) in [6, 6.07) is 24.9. The molecule has 6 aromatic rings. The van der Waals surface area contributed by atoms with Gasteiger partial charge in [0, 0.05) is 22.4 Å². The number of aromatic nitrogens is 2. The van der Waals surface area contributed by atoms with E-state index in [0.717, 1.165) is 49.9 Å². The van der Waals surface area contributed by atoms with Gasteiger partial charge in [0.1, 0.15) is 5.65 Å². The summed E-state index contributed by atoms with van der Waals surface area (Å²) in [5, 5.41) is 2.41. The highest BCUT2D eigenvalue weighted by Gasteiger charge is 2.19. The highest BCUT2D eigenvalue weighted by atomic mass is 19.2. The van der Waals surface area contributed by atoms with E-state index in [4.69, 9.17) is 4.98 Å². The Morgan fingerprint density at radius 1 is 0.667 bits per heavy atom. The van der Waals surface area contributed by atoms with Gasteiger partial charge in [-0.15, -0.1) is 0 Å². The maximum absolute atomic E-state index is 14.4. The van der Waals surface area contributed by atoms with Gasteiger partial charge in [-0.25, -0.2) is 13.8 Å². The lowest BCUT2D eigenvalue weighted by Crippen LogP contribution is -1.98. The summed E-state index contributed by atoms with van der Waals surface area (Å²) in [6.07, 6.45) is 1.83. The standard InChI is InChI=1S/C29H20F2N2/c1-17-12-20(19-8-4-3-5-9-19)13-18(2)28(17)27-16-32-29-22-11-7-6-10-21(22)23-14-24(30)25(31)15-26(23)33(27)29/h3-16H,1-2H3. The van der Waals surface area contributed by atoms with Crippen molar-refractivity contribution >= 4 is 27.3 Å². The Balaban J connectivity index is 1.71. The first-order valence-electron chi connectivity index (χ1n) is 10.9. The first-order valence-corrected chi connectivity index (χ1v) is 10.9. The molecule has 33 heavy (non-hydrogen) atoms. The molecule has 0 N–H and O–H groups in total. The second kappa shape index (κ2) is 7.24. The van der Waals surface area contributed by atoms with Crippen LogP contribution in [0.4, 0.5) is 8.78 Å². The van der Waals surface area contributed by atoms with Crippen molar-refractivity contribution in [3.05, 3.63) is 108 Å².